The number of nitrogens with zero attached hydrogens (tertiary/aromatic N) is 3. The maximum Gasteiger partial charge on any atom is 0.410 e. The third-order valence-corrected chi connectivity index (χ3v) is 3.75. The maximum atomic E-state index is 12.4. The number of rotatable bonds is 3. The normalized spacial score (nSPS) is 18.6. The van der Waals surface area contributed by atoms with Crippen LogP contribution in [-0.4, -0.2) is 45.2 Å². The summed E-state index contributed by atoms with van der Waals surface area (Å²) in [5, 5.41) is 4.25. The van der Waals surface area contributed by atoms with E-state index in [0.717, 1.165) is 11.4 Å². The minimum Gasteiger partial charge on any atom is -0.444 e. The molecule has 0 bridgehead atoms. The summed E-state index contributed by atoms with van der Waals surface area (Å²) in [6, 6.07) is 1.93. The molecule has 0 N–H and O–H groups in total. The highest BCUT2D eigenvalue weighted by Gasteiger charge is 2.33. The molecule has 1 amide bonds. The molecule has 1 unspecified atom stereocenters. The van der Waals surface area contributed by atoms with Crippen molar-refractivity contribution in [2.45, 2.75) is 46.1 Å². The van der Waals surface area contributed by atoms with E-state index in [1.54, 1.807) is 9.58 Å². The molecule has 22 heavy (non-hydrogen) atoms. The van der Waals surface area contributed by atoms with Crippen molar-refractivity contribution in [1.82, 2.24) is 14.7 Å². The second kappa shape index (κ2) is 6.10. The Morgan fingerprint density at radius 2 is 2.09 bits per heavy atom. The van der Waals surface area contributed by atoms with Crippen LogP contribution in [0.2, 0.25) is 0 Å². The number of ether oxygens (including phenoxy) is 1. The Morgan fingerprint density at radius 3 is 2.64 bits per heavy atom. The van der Waals surface area contributed by atoms with E-state index in [2.05, 4.69) is 5.10 Å². The molecule has 1 aliphatic heterocycles. The number of Topliss-reactive ketones (excluding diaryl/α,β-unsaturated/α-hetero) is 1. The van der Waals surface area contributed by atoms with Gasteiger partial charge in [-0.2, -0.15) is 5.10 Å². The lowest BCUT2D eigenvalue weighted by molar-refractivity contribution is -0.121. The van der Waals surface area contributed by atoms with Crippen LogP contribution in [0, 0.1) is 12.8 Å². The number of amides is 1. The van der Waals surface area contributed by atoms with Crippen LogP contribution in [-0.2, 0) is 23.0 Å². The van der Waals surface area contributed by atoms with Crippen molar-refractivity contribution in [3.63, 3.8) is 0 Å². The largest absolute Gasteiger partial charge is 0.444 e. The molecule has 1 atom stereocenters. The Balaban J connectivity index is 1.91. The van der Waals surface area contributed by atoms with E-state index in [4.69, 9.17) is 4.74 Å². The summed E-state index contributed by atoms with van der Waals surface area (Å²) in [5.41, 5.74) is 1.32. The highest BCUT2D eigenvalue weighted by Crippen LogP contribution is 2.21. The third kappa shape index (κ3) is 4.08. The number of aromatic nitrogens is 2. The highest BCUT2D eigenvalue weighted by molar-refractivity contribution is 5.84. The van der Waals surface area contributed by atoms with E-state index in [9.17, 15) is 9.59 Å². The van der Waals surface area contributed by atoms with Crippen LogP contribution in [0.5, 0.6) is 0 Å². The Bertz CT molecular complexity index is 572. The minimum atomic E-state index is -0.509. The molecule has 1 saturated heterocycles. The summed E-state index contributed by atoms with van der Waals surface area (Å²) in [4.78, 5) is 26.1. The molecule has 0 aromatic carbocycles. The fourth-order valence-corrected chi connectivity index (χ4v) is 2.67. The summed E-state index contributed by atoms with van der Waals surface area (Å²) in [6.07, 6.45) is 0.734. The molecule has 122 valence electrons. The number of carbonyl (C=O) groups excluding carboxylic acids is 2. The molecule has 0 spiro atoms. The quantitative estimate of drug-likeness (QED) is 0.858. The first-order valence-electron chi connectivity index (χ1n) is 7.66. The van der Waals surface area contributed by atoms with Gasteiger partial charge in [-0.25, -0.2) is 4.79 Å². The molecule has 1 fully saturated rings. The number of hydrogen-bond donors (Lipinski definition) is 0. The van der Waals surface area contributed by atoms with Gasteiger partial charge in [-0.3, -0.25) is 9.48 Å². The summed E-state index contributed by atoms with van der Waals surface area (Å²) in [5.74, 6) is 0.0526. The molecular weight excluding hydrogens is 282 g/mol. The van der Waals surface area contributed by atoms with Gasteiger partial charge in [0.25, 0.3) is 0 Å². The fourth-order valence-electron chi connectivity index (χ4n) is 2.67. The second-order valence-electron chi connectivity index (χ2n) is 6.96. The van der Waals surface area contributed by atoms with Gasteiger partial charge in [-0.1, -0.05) is 0 Å². The van der Waals surface area contributed by atoms with Gasteiger partial charge >= 0.3 is 6.09 Å². The monoisotopic (exact) mass is 307 g/mol. The molecule has 0 aliphatic carbocycles. The van der Waals surface area contributed by atoms with Gasteiger partial charge in [0, 0.05) is 38.2 Å². The predicted octanol–water partition coefficient (Wildman–Crippen LogP) is 2.10. The van der Waals surface area contributed by atoms with Crippen molar-refractivity contribution >= 4 is 11.9 Å². The standard InChI is InChI=1S/C16H25N3O3/c1-11-8-13(18(5)17-11)9-14(20)12-6-7-19(10-12)15(21)22-16(2,3)4/h8,12H,6-7,9-10H2,1-5H3. The van der Waals surface area contributed by atoms with Gasteiger partial charge in [0.05, 0.1) is 5.69 Å². The van der Waals surface area contributed by atoms with Crippen LogP contribution in [0.4, 0.5) is 4.79 Å². The van der Waals surface area contributed by atoms with E-state index in [0.29, 0.717) is 25.9 Å². The van der Waals surface area contributed by atoms with Gasteiger partial charge in [-0.05, 0) is 40.2 Å². The van der Waals surface area contributed by atoms with Crippen LogP contribution in [0.1, 0.15) is 38.6 Å². The Labute approximate surface area is 131 Å². The zero-order chi connectivity index (χ0) is 16.5. The molecule has 2 heterocycles. The van der Waals surface area contributed by atoms with Crippen LogP contribution < -0.4 is 0 Å². The Hall–Kier alpha value is -1.85. The zero-order valence-electron chi connectivity index (χ0n) is 14.0. The average Bonchev–Trinajstić information content (AvgIpc) is 2.95. The highest BCUT2D eigenvalue weighted by atomic mass is 16.6. The van der Waals surface area contributed by atoms with Gasteiger partial charge in [0.1, 0.15) is 11.4 Å². The fraction of sp³-hybridized carbons (Fsp3) is 0.688. The number of aryl methyl sites for hydroxylation is 2. The minimum absolute atomic E-state index is 0.109. The van der Waals surface area contributed by atoms with E-state index >= 15 is 0 Å². The topological polar surface area (TPSA) is 64.4 Å². The molecule has 0 radical (unpaired) electrons. The SMILES string of the molecule is Cc1cc(CC(=O)C2CCN(C(=O)OC(C)(C)C)C2)n(C)n1. The second-order valence-corrected chi connectivity index (χ2v) is 6.96. The first kappa shape index (κ1) is 16.5. The number of likely N-dealkylation sites (tertiary alicyclic amines) is 1. The van der Waals surface area contributed by atoms with Gasteiger partial charge in [0.15, 0.2) is 0 Å². The summed E-state index contributed by atoms with van der Waals surface area (Å²) < 4.78 is 7.10. The van der Waals surface area contributed by atoms with Crippen molar-refractivity contribution < 1.29 is 14.3 Å². The summed E-state index contributed by atoms with van der Waals surface area (Å²) >= 11 is 0. The lowest BCUT2D eigenvalue weighted by Crippen LogP contribution is -2.36. The van der Waals surface area contributed by atoms with E-state index in [1.165, 1.54) is 0 Å². The molecule has 1 aliphatic rings. The van der Waals surface area contributed by atoms with E-state index in [-0.39, 0.29) is 17.8 Å². The lowest BCUT2D eigenvalue weighted by atomic mass is 9.99. The molecule has 1 aromatic rings. The predicted molar refractivity (Wildman–Crippen MR) is 82.6 cm³/mol. The Morgan fingerprint density at radius 1 is 1.41 bits per heavy atom. The van der Waals surface area contributed by atoms with Crippen molar-refractivity contribution in [2.24, 2.45) is 13.0 Å². The lowest BCUT2D eigenvalue weighted by Gasteiger charge is -2.24. The molecule has 2 rings (SSSR count). The summed E-state index contributed by atoms with van der Waals surface area (Å²) in [6.45, 7) is 8.46. The molecule has 6 heteroatoms. The van der Waals surface area contributed by atoms with Crippen LogP contribution >= 0.6 is 0 Å². The van der Waals surface area contributed by atoms with Crippen LogP contribution in [0.25, 0.3) is 0 Å². The Kier molecular flexibility index (Phi) is 4.58. The van der Waals surface area contributed by atoms with E-state index in [1.807, 2.05) is 40.8 Å². The average molecular weight is 307 g/mol. The molecular formula is C16H25N3O3. The van der Waals surface area contributed by atoms with Gasteiger partial charge in [0.2, 0.25) is 0 Å². The number of hydrogen-bond acceptors (Lipinski definition) is 4. The van der Waals surface area contributed by atoms with Crippen molar-refractivity contribution in [3.05, 3.63) is 17.5 Å². The van der Waals surface area contributed by atoms with Crippen LogP contribution in [0.15, 0.2) is 6.07 Å². The van der Waals surface area contributed by atoms with Crippen molar-refractivity contribution in [3.8, 4) is 0 Å². The third-order valence-electron chi connectivity index (χ3n) is 3.75. The molecule has 1 aromatic heterocycles. The van der Waals surface area contributed by atoms with Gasteiger partial charge in [-0.15, -0.1) is 0 Å². The smallest absolute Gasteiger partial charge is 0.410 e. The first-order chi connectivity index (χ1) is 10.2. The van der Waals surface area contributed by atoms with Crippen molar-refractivity contribution in [2.75, 3.05) is 13.1 Å². The van der Waals surface area contributed by atoms with Crippen LogP contribution in [0.3, 0.4) is 0 Å². The first-order valence-corrected chi connectivity index (χ1v) is 7.66. The maximum absolute atomic E-state index is 12.4. The van der Waals surface area contributed by atoms with Crippen molar-refractivity contribution in [1.29, 1.82) is 0 Å². The number of ketones is 1. The number of carbonyl (C=O) groups is 2. The zero-order valence-corrected chi connectivity index (χ0v) is 14.0. The van der Waals surface area contributed by atoms with E-state index < -0.39 is 5.60 Å². The molecule has 0 saturated carbocycles. The summed E-state index contributed by atoms with van der Waals surface area (Å²) in [7, 11) is 1.84. The molecule has 6 nitrogen and oxygen atoms in total. The van der Waals surface area contributed by atoms with Gasteiger partial charge < -0.3 is 9.64 Å².